The molecule has 3 heterocycles. The third kappa shape index (κ3) is 4.05. The number of nitrogens with zero attached hydrogens (tertiary/aromatic N) is 3. The second-order valence-electron chi connectivity index (χ2n) is 11.4. The van der Waals surface area contributed by atoms with Gasteiger partial charge in [-0.3, -0.25) is 9.55 Å². The predicted octanol–water partition coefficient (Wildman–Crippen LogP) is 10.9. The molecule has 0 unspecified atom stereocenters. The summed E-state index contributed by atoms with van der Waals surface area (Å²) in [6.45, 7) is 0. The second-order valence-corrected chi connectivity index (χ2v) is 11.4. The van der Waals surface area contributed by atoms with Crippen molar-refractivity contribution in [3.8, 4) is 39.3 Å². The molecule has 0 amide bonds. The number of aromatic nitrogens is 3. The van der Waals surface area contributed by atoms with E-state index < -0.39 is 0 Å². The zero-order chi connectivity index (χ0) is 29.7. The summed E-state index contributed by atoms with van der Waals surface area (Å²) in [4.78, 5) is 9.57. The van der Waals surface area contributed by atoms with Crippen molar-refractivity contribution in [2.45, 2.75) is 0 Å². The Morgan fingerprint density at radius 2 is 0.911 bits per heavy atom. The lowest BCUT2D eigenvalue weighted by Crippen LogP contribution is -1.98. The van der Waals surface area contributed by atoms with Gasteiger partial charge in [0.2, 0.25) is 0 Å². The van der Waals surface area contributed by atoms with Crippen molar-refractivity contribution in [2.24, 2.45) is 0 Å². The maximum atomic E-state index is 5.18. The van der Waals surface area contributed by atoms with Gasteiger partial charge in [0, 0.05) is 28.7 Å². The highest BCUT2D eigenvalue weighted by Gasteiger charge is 2.17. The van der Waals surface area contributed by atoms with Crippen molar-refractivity contribution in [1.29, 1.82) is 0 Å². The number of pyridine rings is 2. The summed E-state index contributed by atoms with van der Waals surface area (Å²) in [7, 11) is 0. The van der Waals surface area contributed by atoms with Crippen LogP contribution in [0, 0.1) is 0 Å². The average Bonchev–Trinajstić information content (AvgIpc) is 3.45. The smallest absolute Gasteiger partial charge is 0.138 e. The van der Waals surface area contributed by atoms with Crippen LogP contribution in [0.25, 0.3) is 82.7 Å². The molecule has 210 valence electrons. The molecule has 0 aliphatic heterocycles. The van der Waals surface area contributed by atoms with Crippen LogP contribution < -0.4 is 0 Å². The number of para-hydroxylation sites is 1. The fourth-order valence-electron chi connectivity index (χ4n) is 6.93. The largest absolute Gasteiger partial charge is 0.294 e. The third-order valence-corrected chi connectivity index (χ3v) is 8.90. The van der Waals surface area contributed by atoms with Crippen molar-refractivity contribution >= 4 is 43.4 Å². The first-order chi connectivity index (χ1) is 22.3. The Morgan fingerprint density at radius 3 is 1.58 bits per heavy atom. The van der Waals surface area contributed by atoms with Gasteiger partial charge in [0.05, 0.1) is 16.7 Å². The summed E-state index contributed by atoms with van der Waals surface area (Å²) in [6, 6.07) is 54.0. The molecule has 0 atom stereocenters. The first-order valence-electron chi connectivity index (χ1n) is 15.3. The van der Waals surface area contributed by atoms with E-state index in [0.717, 1.165) is 33.5 Å². The highest BCUT2D eigenvalue weighted by atomic mass is 15.1. The monoisotopic (exact) mass is 573 g/mol. The molecule has 0 N–H and O–H groups in total. The van der Waals surface area contributed by atoms with Gasteiger partial charge >= 0.3 is 0 Å². The molecule has 0 fully saturated rings. The van der Waals surface area contributed by atoms with Crippen LogP contribution in [0.15, 0.2) is 164 Å². The van der Waals surface area contributed by atoms with Gasteiger partial charge < -0.3 is 0 Å². The number of hydrogen-bond acceptors (Lipinski definition) is 2. The SMILES string of the molecule is c1ccc(-c2c3ccccc3c(-c3ccc(-c4cccc(-n5c6ccccc6c6cnccc65)n4)cc3)c3ccccc23)cc1. The standard InChI is InChI=1S/C42H27N3/c1-2-11-29(12-3-1)41-32-14-4-6-16-34(32)42(35-17-7-5-15-33(35)41)30-23-21-28(22-24-30)37-18-10-20-40(44-37)45-38-19-9-8-13-31(38)36-27-43-26-25-39(36)45/h1-27H. The molecule has 0 saturated heterocycles. The molecule has 0 spiro atoms. The van der Waals surface area contributed by atoms with Gasteiger partial charge in [-0.1, -0.05) is 127 Å². The van der Waals surface area contributed by atoms with Crippen LogP contribution in [-0.4, -0.2) is 14.5 Å². The van der Waals surface area contributed by atoms with E-state index in [9.17, 15) is 0 Å². The van der Waals surface area contributed by atoms with Gasteiger partial charge in [-0.2, -0.15) is 0 Å². The molecule has 0 bridgehead atoms. The molecular weight excluding hydrogens is 546 g/mol. The van der Waals surface area contributed by atoms with Crippen molar-refractivity contribution < 1.29 is 0 Å². The Kier molecular flexibility index (Phi) is 5.82. The topological polar surface area (TPSA) is 30.7 Å². The van der Waals surface area contributed by atoms with Crippen molar-refractivity contribution in [1.82, 2.24) is 14.5 Å². The highest BCUT2D eigenvalue weighted by molar-refractivity contribution is 6.21. The minimum absolute atomic E-state index is 0.891. The van der Waals surface area contributed by atoms with Gasteiger partial charge in [-0.25, -0.2) is 4.98 Å². The summed E-state index contributed by atoms with van der Waals surface area (Å²) < 4.78 is 2.23. The summed E-state index contributed by atoms with van der Waals surface area (Å²) in [6.07, 6.45) is 3.79. The lowest BCUT2D eigenvalue weighted by molar-refractivity contribution is 1.08. The van der Waals surface area contributed by atoms with Crippen LogP contribution in [0.1, 0.15) is 0 Å². The Labute approximate surface area is 260 Å². The van der Waals surface area contributed by atoms with Crippen LogP contribution in [0.2, 0.25) is 0 Å². The minimum Gasteiger partial charge on any atom is -0.294 e. The normalized spacial score (nSPS) is 11.6. The van der Waals surface area contributed by atoms with E-state index in [1.165, 1.54) is 49.2 Å². The lowest BCUT2D eigenvalue weighted by Gasteiger charge is -2.18. The first-order valence-corrected chi connectivity index (χ1v) is 15.3. The van der Waals surface area contributed by atoms with Gasteiger partial charge in [0.15, 0.2) is 0 Å². The summed E-state index contributed by atoms with van der Waals surface area (Å²) in [5.74, 6) is 0.891. The van der Waals surface area contributed by atoms with Crippen LogP contribution in [0.3, 0.4) is 0 Å². The van der Waals surface area contributed by atoms with Crippen molar-refractivity contribution in [3.63, 3.8) is 0 Å². The maximum absolute atomic E-state index is 5.18. The maximum Gasteiger partial charge on any atom is 0.138 e. The highest BCUT2D eigenvalue weighted by Crippen LogP contribution is 2.43. The van der Waals surface area contributed by atoms with E-state index in [1.807, 2.05) is 12.4 Å². The molecule has 6 aromatic carbocycles. The number of hydrogen-bond donors (Lipinski definition) is 0. The number of fused-ring (bicyclic) bond motifs is 5. The number of benzene rings is 6. The van der Waals surface area contributed by atoms with E-state index in [0.29, 0.717) is 0 Å². The van der Waals surface area contributed by atoms with Crippen molar-refractivity contribution in [2.75, 3.05) is 0 Å². The van der Waals surface area contributed by atoms with Gasteiger partial charge in [-0.15, -0.1) is 0 Å². The molecule has 3 nitrogen and oxygen atoms in total. The molecule has 45 heavy (non-hydrogen) atoms. The predicted molar refractivity (Wildman–Crippen MR) is 188 cm³/mol. The molecule has 9 rings (SSSR count). The first kappa shape index (κ1) is 25.4. The molecule has 0 saturated carbocycles. The average molecular weight is 574 g/mol. The molecule has 0 aliphatic rings. The van der Waals surface area contributed by atoms with Gasteiger partial charge in [-0.05, 0) is 68.1 Å². The molecule has 3 heteroatoms. The van der Waals surface area contributed by atoms with Crippen LogP contribution in [-0.2, 0) is 0 Å². The number of rotatable bonds is 4. The Morgan fingerprint density at radius 1 is 0.378 bits per heavy atom. The second kappa shape index (κ2) is 10.3. The zero-order valence-corrected chi connectivity index (χ0v) is 24.4. The fourth-order valence-corrected chi connectivity index (χ4v) is 6.93. The summed E-state index contributed by atoms with van der Waals surface area (Å²) in [5.41, 5.74) is 9.21. The Hall–Kier alpha value is -6.06. The fraction of sp³-hybridized carbons (Fsp3) is 0. The lowest BCUT2D eigenvalue weighted by atomic mass is 9.86. The van der Waals surface area contributed by atoms with E-state index in [1.54, 1.807) is 0 Å². The van der Waals surface area contributed by atoms with Crippen LogP contribution in [0.5, 0.6) is 0 Å². The molecule has 9 aromatic rings. The molecular formula is C42H27N3. The van der Waals surface area contributed by atoms with Gasteiger partial charge in [0.1, 0.15) is 5.82 Å². The van der Waals surface area contributed by atoms with Crippen LogP contribution in [0.4, 0.5) is 0 Å². The van der Waals surface area contributed by atoms with E-state index >= 15 is 0 Å². The molecule has 0 radical (unpaired) electrons. The zero-order valence-electron chi connectivity index (χ0n) is 24.4. The van der Waals surface area contributed by atoms with Crippen LogP contribution >= 0.6 is 0 Å². The third-order valence-electron chi connectivity index (χ3n) is 8.90. The molecule has 3 aromatic heterocycles. The van der Waals surface area contributed by atoms with E-state index in [-0.39, 0.29) is 0 Å². The summed E-state index contributed by atoms with van der Waals surface area (Å²) >= 11 is 0. The summed E-state index contributed by atoms with van der Waals surface area (Å²) in [5, 5.41) is 7.33. The van der Waals surface area contributed by atoms with Crippen molar-refractivity contribution in [3.05, 3.63) is 164 Å². The van der Waals surface area contributed by atoms with E-state index in [4.69, 9.17) is 4.98 Å². The quantitative estimate of drug-likeness (QED) is 0.196. The minimum atomic E-state index is 0.891. The van der Waals surface area contributed by atoms with E-state index in [2.05, 4.69) is 161 Å². The Balaban J connectivity index is 1.19. The molecule has 0 aliphatic carbocycles. The Bertz CT molecular complexity index is 2420. The van der Waals surface area contributed by atoms with Gasteiger partial charge in [0.25, 0.3) is 0 Å².